The van der Waals surface area contributed by atoms with Crippen molar-refractivity contribution in [3.05, 3.63) is 36.2 Å². The zero-order chi connectivity index (χ0) is 15.5. The lowest BCUT2D eigenvalue weighted by molar-refractivity contribution is -0.136. The number of rotatable bonds is 6. The Bertz CT molecular complexity index is 739. The third kappa shape index (κ3) is 3.51. The molecule has 0 aliphatic rings. The summed E-state index contributed by atoms with van der Waals surface area (Å²) in [5, 5.41) is 12.2. The fraction of sp³-hybridized carbons (Fsp3) is 0.167. The number of hydrogen-bond donors (Lipinski definition) is 2. The topological polar surface area (TPSA) is 119 Å². The number of nitrogens with one attached hydrogen (secondary N) is 1. The minimum Gasteiger partial charge on any atom is -0.496 e. The number of carbonyl (C=O) groups is 1. The molecule has 1 aromatic heterocycles. The highest BCUT2D eigenvalue weighted by Gasteiger charge is 2.18. The predicted molar refractivity (Wildman–Crippen MR) is 71.6 cm³/mol. The molecule has 0 radical (unpaired) electrons. The van der Waals surface area contributed by atoms with Crippen molar-refractivity contribution < 1.29 is 27.6 Å². The fourth-order valence-electron chi connectivity index (χ4n) is 1.69. The number of carboxylic acids is 1. The summed E-state index contributed by atoms with van der Waals surface area (Å²) in [7, 11) is -2.49. The highest BCUT2D eigenvalue weighted by molar-refractivity contribution is 7.92. The number of carboxylic acid groups (broad SMARTS) is 1. The van der Waals surface area contributed by atoms with Crippen LogP contribution >= 0.6 is 0 Å². The normalized spacial score (nSPS) is 11.1. The van der Waals surface area contributed by atoms with Crippen LogP contribution in [0.4, 0.5) is 5.69 Å². The number of nitrogens with zero attached hydrogens (tertiary/aromatic N) is 1. The first-order valence-electron chi connectivity index (χ1n) is 5.73. The van der Waals surface area contributed by atoms with E-state index >= 15 is 0 Å². The zero-order valence-electron chi connectivity index (χ0n) is 10.9. The second kappa shape index (κ2) is 5.83. The highest BCUT2D eigenvalue weighted by atomic mass is 32.2. The number of ether oxygens (including phenoxy) is 1. The maximum absolute atomic E-state index is 12.2. The summed E-state index contributed by atoms with van der Waals surface area (Å²) in [5.74, 6) is -0.781. The highest BCUT2D eigenvalue weighted by Crippen LogP contribution is 2.24. The largest absolute Gasteiger partial charge is 0.496 e. The monoisotopic (exact) mass is 312 g/mol. The van der Waals surface area contributed by atoms with E-state index in [0.717, 1.165) is 6.26 Å². The molecule has 0 aliphatic carbocycles. The Balaban J connectivity index is 2.37. The van der Waals surface area contributed by atoms with Crippen LogP contribution in [0.15, 0.2) is 40.1 Å². The molecule has 2 N–H and O–H groups in total. The van der Waals surface area contributed by atoms with E-state index in [1.807, 2.05) is 0 Å². The molecule has 0 saturated carbocycles. The van der Waals surface area contributed by atoms with Crippen molar-refractivity contribution in [3.63, 3.8) is 0 Å². The molecule has 112 valence electrons. The van der Waals surface area contributed by atoms with Crippen LogP contribution in [0.3, 0.4) is 0 Å². The molecule has 0 saturated heterocycles. The third-order valence-electron chi connectivity index (χ3n) is 2.59. The molecule has 8 nitrogen and oxygen atoms in total. The Kier molecular flexibility index (Phi) is 4.13. The standard InChI is InChI=1S/C12H12N2O6S/c1-19-11-3-2-10(4-8(11)5-12(15)16)21(17,18)14-9-6-13-20-7-9/h2-4,6-7,14H,5H2,1H3,(H,15,16). The smallest absolute Gasteiger partial charge is 0.307 e. The molecule has 1 aromatic carbocycles. The second-order valence-corrected chi connectivity index (χ2v) is 5.75. The zero-order valence-corrected chi connectivity index (χ0v) is 11.8. The molecule has 9 heteroatoms. The molecule has 0 aliphatic heterocycles. The average molecular weight is 312 g/mol. The number of hydrogen-bond acceptors (Lipinski definition) is 6. The average Bonchev–Trinajstić information content (AvgIpc) is 2.90. The molecule has 2 aromatic rings. The summed E-state index contributed by atoms with van der Waals surface area (Å²) in [6, 6.07) is 3.98. The van der Waals surface area contributed by atoms with E-state index in [1.54, 1.807) is 0 Å². The Morgan fingerprint density at radius 2 is 2.24 bits per heavy atom. The van der Waals surface area contributed by atoms with Crippen molar-refractivity contribution in [2.75, 3.05) is 11.8 Å². The summed E-state index contributed by atoms with van der Waals surface area (Å²) in [6.45, 7) is 0. The minimum absolute atomic E-state index is 0.0826. The van der Waals surface area contributed by atoms with Crippen molar-refractivity contribution in [1.29, 1.82) is 0 Å². The first-order chi connectivity index (χ1) is 9.92. The van der Waals surface area contributed by atoms with E-state index in [-0.39, 0.29) is 22.6 Å². The Labute approximate surface area is 120 Å². The number of anilines is 1. The van der Waals surface area contributed by atoms with Crippen LogP contribution in [0.1, 0.15) is 5.56 Å². The van der Waals surface area contributed by atoms with E-state index in [4.69, 9.17) is 9.84 Å². The van der Waals surface area contributed by atoms with E-state index in [2.05, 4.69) is 14.4 Å². The van der Waals surface area contributed by atoms with Gasteiger partial charge in [-0.05, 0) is 18.2 Å². The molecule has 0 unspecified atom stereocenters. The van der Waals surface area contributed by atoms with Gasteiger partial charge in [-0.2, -0.15) is 0 Å². The van der Waals surface area contributed by atoms with Crippen molar-refractivity contribution in [3.8, 4) is 5.75 Å². The molecule has 0 atom stereocenters. The minimum atomic E-state index is -3.86. The van der Waals surface area contributed by atoms with Crippen LogP contribution in [0.5, 0.6) is 5.75 Å². The maximum atomic E-state index is 12.2. The molecule has 2 rings (SSSR count). The van der Waals surface area contributed by atoms with Gasteiger partial charge in [0, 0.05) is 5.56 Å². The van der Waals surface area contributed by atoms with Crippen LogP contribution in [0, 0.1) is 0 Å². The van der Waals surface area contributed by atoms with Gasteiger partial charge in [0.05, 0.1) is 24.6 Å². The molecule has 0 fully saturated rings. The SMILES string of the molecule is COc1ccc(S(=O)(=O)Nc2cnoc2)cc1CC(=O)O. The Hall–Kier alpha value is -2.55. The van der Waals surface area contributed by atoms with Crippen molar-refractivity contribution >= 4 is 21.7 Å². The van der Waals surface area contributed by atoms with Gasteiger partial charge in [0.15, 0.2) is 0 Å². The van der Waals surface area contributed by atoms with E-state index in [1.165, 1.54) is 31.5 Å². The van der Waals surface area contributed by atoms with Gasteiger partial charge in [-0.1, -0.05) is 5.16 Å². The van der Waals surface area contributed by atoms with Crippen LogP contribution < -0.4 is 9.46 Å². The third-order valence-corrected chi connectivity index (χ3v) is 3.97. The molecule has 0 spiro atoms. The van der Waals surface area contributed by atoms with Gasteiger partial charge < -0.3 is 14.4 Å². The molecule has 21 heavy (non-hydrogen) atoms. The van der Waals surface area contributed by atoms with E-state index in [0.29, 0.717) is 5.75 Å². The maximum Gasteiger partial charge on any atom is 0.307 e. The summed E-state index contributed by atoms with van der Waals surface area (Å²) >= 11 is 0. The van der Waals surface area contributed by atoms with Gasteiger partial charge in [-0.15, -0.1) is 0 Å². The number of aliphatic carboxylic acids is 1. The van der Waals surface area contributed by atoms with Crippen LogP contribution in [0.25, 0.3) is 0 Å². The van der Waals surface area contributed by atoms with Crippen molar-refractivity contribution in [2.45, 2.75) is 11.3 Å². The summed E-state index contributed by atoms with van der Waals surface area (Å²) in [5.41, 5.74) is 0.434. The van der Waals surface area contributed by atoms with Crippen LogP contribution in [0.2, 0.25) is 0 Å². The molecule has 0 amide bonds. The molecular formula is C12H12N2O6S. The summed E-state index contributed by atoms with van der Waals surface area (Å²) in [4.78, 5) is 10.7. The van der Waals surface area contributed by atoms with Gasteiger partial charge in [-0.25, -0.2) is 8.42 Å². The molecule has 1 heterocycles. The van der Waals surface area contributed by atoms with Gasteiger partial charge in [-0.3, -0.25) is 9.52 Å². The number of sulfonamides is 1. The summed E-state index contributed by atoms with van der Waals surface area (Å²) < 4.78 is 36.1. The van der Waals surface area contributed by atoms with Crippen molar-refractivity contribution in [1.82, 2.24) is 5.16 Å². The lowest BCUT2D eigenvalue weighted by Gasteiger charge is -2.10. The summed E-state index contributed by atoms with van der Waals surface area (Å²) in [6.07, 6.45) is 2.00. The quantitative estimate of drug-likeness (QED) is 0.820. The van der Waals surface area contributed by atoms with Gasteiger partial charge >= 0.3 is 5.97 Å². The Morgan fingerprint density at radius 1 is 1.48 bits per heavy atom. The number of benzene rings is 1. The van der Waals surface area contributed by atoms with Gasteiger partial charge in [0.25, 0.3) is 10.0 Å². The van der Waals surface area contributed by atoms with Gasteiger partial charge in [0.1, 0.15) is 17.7 Å². The second-order valence-electron chi connectivity index (χ2n) is 4.06. The lowest BCUT2D eigenvalue weighted by Crippen LogP contribution is -2.13. The predicted octanol–water partition coefficient (Wildman–Crippen LogP) is 1.11. The number of methoxy groups -OCH3 is 1. The van der Waals surface area contributed by atoms with E-state index in [9.17, 15) is 13.2 Å². The molecular weight excluding hydrogens is 300 g/mol. The first kappa shape index (κ1) is 14.9. The van der Waals surface area contributed by atoms with E-state index < -0.39 is 16.0 Å². The lowest BCUT2D eigenvalue weighted by atomic mass is 10.1. The fourth-order valence-corrected chi connectivity index (χ4v) is 2.77. The van der Waals surface area contributed by atoms with Crippen molar-refractivity contribution in [2.24, 2.45) is 0 Å². The Morgan fingerprint density at radius 3 is 2.81 bits per heavy atom. The number of aromatic nitrogens is 1. The van der Waals surface area contributed by atoms with Crippen LogP contribution in [-0.4, -0.2) is 31.8 Å². The van der Waals surface area contributed by atoms with Crippen LogP contribution in [-0.2, 0) is 21.2 Å². The first-order valence-corrected chi connectivity index (χ1v) is 7.21. The molecule has 0 bridgehead atoms. The van der Waals surface area contributed by atoms with Gasteiger partial charge in [0.2, 0.25) is 0 Å².